The lowest BCUT2D eigenvalue weighted by molar-refractivity contribution is 0.0561. The van der Waals surface area contributed by atoms with Crippen LogP contribution in [0.15, 0.2) is 48.5 Å². The summed E-state index contributed by atoms with van der Waals surface area (Å²) >= 11 is 0. The first-order valence-electron chi connectivity index (χ1n) is 11.1. The molecule has 156 valence electrons. The Labute approximate surface area is 175 Å². The first kappa shape index (κ1) is 20.4. The maximum atomic E-state index is 10.4. The van der Waals surface area contributed by atoms with Crippen molar-refractivity contribution in [3.63, 3.8) is 0 Å². The van der Waals surface area contributed by atoms with E-state index in [1.807, 2.05) is 6.07 Å². The van der Waals surface area contributed by atoms with Crippen LogP contribution in [0.2, 0.25) is 0 Å². The van der Waals surface area contributed by atoms with E-state index in [0.717, 1.165) is 25.4 Å². The predicted octanol–water partition coefficient (Wildman–Crippen LogP) is 4.21. The van der Waals surface area contributed by atoms with Crippen molar-refractivity contribution >= 4 is 0 Å². The van der Waals surface area contributed by atoms with E-state index in [9.17, 15) is 5.11 Å². The number of hydrogen-bond acceptors (Lipinski definition) is 4. The van der Waals surface area contributed by atoms with E-state index in [-0.39, 0.29) is 0 Å². The molecule has 1 N–H and O–H groups in total. The number of aliphatic hydroxyl groups is 1. The first-order valence-corrected chi connectivity index (χ1v) is 11.1. The highest BCUT2D eigenvalue weighted by Crippen LogP contribution is 2.25. The maximum absolute atomic E-state index is 10.4. The van der Waals surface area contributed by atoms with Crippen molar-refractivity contribution in [1.29, 1.82) is 0 Å². The molecule has 1 unspecified atom stereocenters. The normalized spacial score (nSPS) is 18.7. The van der Waals surface area contributed by atoms with Crippen LogP contribution >= 0.6 is 0 Å². The molecule has 0 bridgehead atoms. The highest BCUT2D eigenvalue weighted by Gasteiger charge is 2.21. The molecule has 1 fully saturated rings. The van der Waals surface area contributed by atoms with E-state index in [0.29, 0.717) is 19.2 Å². The van der Waals surface area contributed by atoms with E-state index in [4.69, 9.17) is 4.74 Å². The molecule has 1 saturated carbocycles. The summed E-state index contributed by atoms with van der Waals surface area (Å²) in [7, 11) is 2.13. The molecule has 0 saturated heterocycles. The van der Waals surface area contributed by atoms with Gasteiger partial charge in [-0.1, -0.05) is 55.7 Å². The van der Waals surface area contributed by atoms with Gasteiger partial charge < -0.3 is 14.7 Å². The average Bonchev–Trinajstić information content (AvgIpc) is 3.15. The summed E-state index contributed by atoms with van der Waals surface area (Å²) in [5, 5.41) is 10.4. The summed E-state index contributed by atoms with van der Waals surface area (Å²) in [5.41, 5.74) is 4.12. The van der Waals surface area contributed by atoms with Crippen LogP contribution in [-0.2, 0) is 19.6 Å². The molecule has 0 radical (unpaired) electrons. The molecular weight excluding hydrogens is 360 g/mol. The highest BCUT2D eigenvalue weighted by atomic mass is 16.5. The SMILES string of the molecule is CN(CC(O)COc1cccc(CN2Cc3ccccc3C2)c1)C1CCCCC1. The average molecular weight is 395 g/mol. The summed E-state index contributed by atoms with van der Waals surface area (Å²) in [4.78, 5) is 4.77. The number of ether oxygens (including phenoxy) is 1. The Morgan fingerprint density at radius 2 is 1.76 bits per heavy atom. The molecule has 1 aliphatic heterocycles. The Morgan fingerprint density at radius 3 is 2.48 bits per heavy atom. The summed E-state index contributed by atoms with van der Waals surface area (Å²) in [6.45, 7) is 3.95. The Morgan fingerprint density at radius 1 is 1.03 bits per heavy atom. The summed E-state index contributed by atoms with van der Waals surface area (Å²) < 4.78 is 5.93. The Kier molecular flexibility index (Phi) is 6.86. The van der Waals surface area contributed by atoms with Gasteiger partial charge in [0.25, 0.3) is 0 Å². The second kappa shape index (κ2) is 9.75. The van der Waals surface area contributed by atoms with Gasteiger partial charge in [0.05, 0.1) is 0 Å². The molecule has 0 aromatic heterocycles. The number of aliphatic hydroxyl groups excluding tert-OH is 1. The number of likely N-dealkylation sites (N-methyl/N-ethyl adjacent to an activating group) is 1. The fourth-order valence-corrected chi connectivity index (χ4v) is 4.76. The van der Waals surface area contributed by atoms with Crippen molar-refractivity contribution in [3.8, 4) is 5.75 Å². The minimum atomic E-state index is -0.460. The van der Waals surface area contributed by atoms with Crippen LogP contribution < -0.4 is 4.74 Å². The molecule has 4 nitrogen and oxygen atoms in total. The zero-order valence-corrected chi connectivity index (χ0v) is 17.6. The largest absolute Gasteiger partial charge is 0.491 e. The number of hydrogen-bond donors (Lipinski definition) is 1. The molecule has 2 aromatic carbocycles. The van der Waals surface area contributed by atoms with Crippen LogP contribution in [0, 0.1) is 0 Å². The van der Waals surface area contributed by atoms with Crippen LogP contribution in [0.4, 0.5) is 0 Å². The molecule has 1 heterocycles. The number of fused-ring (bicyclic) bond motifs is 1. The van der Waals surface area contributed by atoms with Crippen LogP contribution in [-0.4, -0.2) is 47.3 Å². The third-order valence-electron chi connectivity index (χ3n) is 6.35. The minimum absolute atomic E-state index is 0.343. The summed E-state index contributed by atoms with van der Waals surface area (Å²) in [5.74, 6) is 0.846. The van der Waals surface area contributed by atoms with E-state index >= 15 is 0 Å². The van der Waals surface area contributed by atoms with Gasteiger partial charge in [-0.05, 0) is 48.7 Å². The van der Waals surface area contributed by atoms with Crippen molar-refractivity contribution in [2.45, 2.75) is 63.9 Å². The van der Waals surface area contributed by atoms with Crippen LogP contribution in [0.5, 0.6) is 5.75 Å². The van der Waals surface area contributed by atoms with E-state index in [2.05, 4.69) is 59.3 Å². The first-order chi connectivity index (χ1) is 14.2. The monoisotopic (exact) mass is 394 g/mol. The third-order valence-corrected chi connectivity index (χ3v) is 6.35. The number of benzene rings is 2. The number of nitrogens with zero attached hydrogens (tertiary/aromatic N) is 2. The molecule has 0 spiro atoms. The standard InChI is InChI=1S/C25H34N2O2/c1-26(23-11-3-2-4-12-23)18-24(28)19-29-25-13-7-8-20(14-25)15-27-16-21-9-5-6-10-22(21)17-27/h5-10,13-14,23-24,28H,2-4,11-12,15-19H2,1H3. The van der Waals surface area contributed by atoms with Crippen LogP contribution in [0.1, 0.15) is 48.8 Å². The van der Waals surface area contributed by atoms with E-state index in [1.54, 1.807) is 0 Å². The Balaban J connectivity index is 1.24. The molecule has 1 atom stereocenters. The van der Waals surface area contributed by atoms with Gasteiger partial charge in [0.1, 0.15) is 18.5 Å². The van der Waals surface area contributed by atoms with Gasteiger partial charge in [0, 0.05) is 32.2 Å². The van der Waals surface area contributed by atoms with Crippen molar-refractivity contribution < 1.29 is 9.84 Å². The Hall–Kier alpha value is -1.88. The Bertz CT molecular complexity index is 763. The topological polar surface area (TPSA) is 35.9 Å². The van der Waals surface area contributed by atoms with E-state index in [1.165, 1.54) is 48.8 Å². The fourth-order valence-electron chi connectivity index (χ4n) is 4.76. The minimum Gasteiger partial charge on any atom is -0.491 e. The second-order valence-electron chi connectivity index (χ2n) is 8.76. The van der Waals surface area contributed by atoms with Gasteiger partial charge in [0.2, 0.25) is 0 Å². The lowest BCUT2D eigenvalue weighted by Gasteiger charge is -2.32. The van der Waals surface area contributed by atoms with Crippen molar-refractivity contribution in [2.75, 3.05) is 20.2 Å². The van der Waals surface area contributed by atoms with Crippen molar-refractivity contribution in [1.82, 2.24) is 9.80 Å². The third kappa shape index (κ3) is 5.59. The van der Waals surface area contributed by atoms with Gasteiger partial charge in [-0.2, -0.15) is 0 Å². The molecule has 1 aliphatic carbocycles. The zero-order valence-electron chi connectivity index (χ0n) is 17.6. The molecule has 0 amide bonds. The highest BCUT2D eigenvalue weighted by molar-refractivity contribution is 5.32. The van der Waals surface area contributed by atoms with Crippen LogP contribution in [0.25, 0.3) is 0 Å². The molecule has 4 rings (SSSR count). The van der Waals surface area contributed by atoms with E-state index < -0.39 is 6.10 Å². The van der Waals surface area contributed by atoms with Crippen LogP contribution in [0.3, 0.4) is 0 Å². The van der Waals surface area contributed by atoms with Gasteiger partial charge in [-0.15, -0.1) is 0 Å². The molecule has 29 heavy (non-hydrogen) atoms. The smallest absolute Gasteiger partial charge is 0.119 e. The lowest BCUT2D eigenvalue weighted by Crippen LogP contribution is -2.40. The zero-order chi connectivity index (χ0) is 20.1. The summed E-state index contributed by atoms with van der Waals surface area (Å²) in [6.07, 6.45) is 6.04. The maximum Gasteiger partial charge on any atom is 0.119 e. The van der Waals surface area contributed by atoms with Gasteiger partial charge >= 0.3 is 0 Å². The van der Waals surface area contributed by atoms with Crippen molar-refractivity contribution in [2.24, 2.45) is 0 Å². The fraction of sp³-hybridized carbons (Fsp3) is 0.520. The molecule has 2 aliphatic rings. The lowest BCUT2D eigenvalue weighted by atomic mass is 9.94. The molecule has 2 aromatic rings. The molecular formula is C25H34N2O2. The molecule has 4 heteroatoms. The van der Waals surface area contributed by atoms with Gasteiger partial charge in [-0.25, -0.2) is 0 Å². The second-order valence-corrected chi connectivity index (χ2v) is 8.76. The quantitative estimate of drug-likeness (QED) is 0.728. The van der Waals surface area contributed by atoms with Gasteiger partial charge in [0.15, 0.2) is 0 Å². The summed E-state index contributed by atoms with van der Waals surface area (Å²) in [6, 6.07) is 17.6. The number of rotatable bonds is 8. The van der Waals surface area contributed by atoms with Gasteiger partial charge in [-0.3, -0.25) is 4.90 Å². The predicted molar refractivity (Wildman–Crippen MR) is 117 cm³/mol. The van der Waals surface area contributed by atoms with Crippen molar-refractivity contribution in [3.05, 3.63) is 65.2 Å².